The SMILES string of the molecule is CCc1cccc(CC)c1NC(=O)NCC1CC(=O)N(C2CC2)C1. The van der Waals surface area contributed by atoms with Gasteiger partial charge < -0.3 is 15.5 Å². The zero-order valence-corrected chi connectivity index (χ0v) is 14.6. The first-order valence-corrected chi connectivity index (χ1v) is 9.07. The van der Waals surface area contributed by atoms with Crippen molar-refractivity contribution < 1.29 is 9.59 Å². The fourth-order valence-electron chi connectivity index (χ4n) is 3.48. The summed E-state index contributed by atoms with van der Waals surface area (Å²) in [5.74, 6) is 0.477. The molecule has 0 spiro atoms. The van der Waals surface area contributed by atoms with Crippen molar-refractivity contribution in [3.05, 3.63) is 29.3 Å². The van der Waals surface area contributed by atoms with Gasteiger partial charge >= 0.3 is 6.03 Å². The van der Waals surface area contributed by atoms with Gasteiger partial charge in [-0.15, -0.1) is 0 Å². The Morgan fingerprint density at radius 1 is 1.21 bits per heavy atom. The number of hydrogen-bond acceptors (Lipinski definition) is 2. The van der Waals surface area contributed by atoms with E-state index in [-0.39, 0.29) is 17.9 Å². The number of carbonyl (C=O) groups excluding carboxylic acids is 2. The standard InChI is InChI=1S/C19H27N3O2/c1-3-14-6-5-7-15(4-2)18(14)21-19(24)20-11-13-10-17(23)22(12-13)16-8-9-16/h5-7,13,16H,3-4,8-12H2,1-2H3,(H2,20,21,24). The maximum Gasteiger partial charge on any atom is 0.319 e. The van der Waals surface area contributed by atoms with Crippen LogP contribution in [0.25, 0.3) is 0 Å². The van der Waals surface area contributed by atoms with Crippen molar-refractivity contribution in [1.29, 1.82) is 0 Å². The molecule has 1 heterocycles. The number of anilines is 1. The van der Waals surface area contributed by atoms with Gasteiger partial charge in [0.1, 0.15) is 0 Å². The van der Waals surface area contributed by atoms with Crippen LogP contribution in [-0.2, 0) is 17.6 Å². The van der Waals surface area contributed by atoms with Crippen molar-refractivity contribution in [3.8, 4) is 0 Å². The highest BCUT2D eigenvalue weighted by atomic mass is 16.2. The third-order valence-corrected chi connectivity index (χ3v) is 5.01. The fraction of sp³-hybridized carbons (Fsp3) is 0.579. The number of amides is 3. The first-order valence-electron chi connectivity index (χ1n) is 9.07. The summed E-state index contributed by atoms with van der Waals surface area (Å²) in [5.41, 5.74) is 3.24. The summed E-state index contributed by atoms with van der Waals surface area (Å²) in [7, 11) is 0. The Bertz CT molecular complexity index is 603. The molecule has 5 nitrogen and oxygen atoms in total. The van der Waals surface area contributed by atoms with Crippen LogP contribution in [0.3, 0.4) is 0 Å². The van der Waals surface area contributed by atoms with Crippen LogP contribution in [0.5, 0.6) is 0 Å². The predicted molar refractivity (Wildman–Crippen MR) is 95.1 cm³/mol. The Hall–Kier alpha value is -2.04. The molecule has 2 N–H and O–H groups in total. The van der Waals surface area contributed by atoms with Crippen LogP contribution in [0.1, 0.15) is 44.2 Å². The largest absolute Gasteiger partial charge is 0.339 e. The van der Waals surface area contributed by atoms with Gasteiger partial charge in [-0.3, -0.25) is 4.79 Å². The molecule has 5 heteroatoms. The summed E-state index contributed by atoms with van der Waals surface area (Å²) < 4.78 is 0. The average molecular weight is 329 g/mol. The molecule has 1 aromatic rings. The van der Waals surface area contributed by atoms with Gasteiger partial charge in [-0.2, -0.15) is 0 Å². The molecular formula is C19H27N3O2. The normalized spacial score (nSPS) is 20.3. The van der Waals surface area contributed by atoms with Crippen LogP contribution in [0.2, 0.25) is 0 Å². The molecule has 2 aliphatic rings. The summed E-state index contributed by atoms with van der Waals surface area (Å²) in [6.45, 7) is 5.52. The second-order valence-electron chi connectivity index (χ2n) is 6.84. The van der Waals surface area contributed by atoms with Crippen LogP contribution in [-0.4, -0.2) is 36.0 Å². The van der Waals surface area contributed by atoms with Gasteiger partial charge in [0, 0.05) is 37.2 Å². The molecule has 24 heavy (non-hydrogen) atoms. The molecule has 2 fully saturated rings. The molecule has 1 saturated heterocycles. The fourth-order valence-corrected chi connectivity index (χ4v) is 3.48. The molecule has 1 aromatic carbocycles. The lowest BCUT2D eigenvalue weighted by Gasteiger charge is -2.17. The van der Waals surface area contributed by atoms with Gasteiger partial charge in [0.2, 0.25) is 5.91 Å². The van der Waals surface area contributed by atoms with Crippen LogP contribution in [0.4, 0.5) is 10.5 Å². The van der Waals surface area contributed by atoms with E-state index < -0.39 is 0 Å². The Balaban J connectivity index is 1.54. The Morgan fingerprint density at radius 3 is 2.46 bits per heavy atom. The maximum absolute atomic E-state index is 12.3. The highest BCUT2D eigenvalue weighted by Gasteiger charge is 2.39. The zero-order valence-electron chi connectivity index (χ0n) is 14.6. The number of nitrogens with one attached hydrogen (secondary N) is 2. The third-order valence-electron chi connectivity index (χ3n) is 5.01. The predicted octanol–water partition coefficient (Wildman–Crippen LogP) is 2.94. The third kappa shape index (κ3) is 3.71. The number of urea groups is 1. The summed E-state index contributed by atoms with van der Waals surface area (Å²) >= 11 is 0. The van der Waals surface area contributed by atoms with E-state index in [1.807, 2.05) is 11.0 Å². The summed E-state index contributed by atoms with van der Waals surface area (Å²) in [6.07, 6.45) is 4.61. The minimum absolute atomic E-state index is 0.178. The molecule has 1 unspecified atom stereocenters. The van der Waals surface area contributed by atoms with Crippen molar-refractivity contribution >= 4 is 17.6 Å². The Morgan fingerprint density at radius 2 is 1.88 bits per heavy atom. The molecule has 3 amide bonds. The minimum Gasteiger partial charge on any atom is -0.339 e. The molecule has 1 saturated carbocycles. The molecule has 0 radical (unpaired) electrons. The molecule has 0 aromatic heterocycles. The van der Waals surface area contributed by atoms with Crippen molar-refractivity contribution in [2.45, 2.75) is 52.0 Å². The van der Waals surface area contributed by atoms with Gasteiger partial charge in [0.25, 0.3) is 0 Å². The number of benzene rings is 1. The van der Waals surface area contributed by atoms with Crippen molar-refractivity contribution in [2.75, 3.05) is 18.4 Å². The van der Waals surface area contributed by atoms with Crippen LogP contribution in [0.15, 0.2) is 18.2 Å². The quantitative estimate of drug-likeness (QED) is 0.843. The Kier molecular flexibility index (Phi) is 5.07. The van der Waals surface area contributed by atoms with Gasteiger partial charge in [-0.25, -0.2) is 4.79 Å². The van der Waals surface area contributed by atoms with Gasteiger partial charge in [-0.05, 0) is 36.8 Å². The van der Waals surface area contributed by atoms with E-state index in [0.29, 0.717) is 19.0 Å². The van der Waals surface area contributed by atoms with Crippen molar-refractivity contribution in [2.24, 2.45) is 5.92 Å². The molecule has 1 aliphatic heterocycles. The zero-order chi connectivity index (χ0) is 17.1. The highest BCUT2D eigenvalue weighted by molar-refractivity contribution is 5.91. The number of para-hydroxylation sites is 1. The van der Waals surface area contributed by atoms with Crippen molar-refractivity contribution in [1.82, 2.24) is 10.2 Å². The number of likely N-dealkylation sites (tertiary alicyclic amines) is 1. The van der Waals surface area contributed by atoms with E-state index in [4.69, 9.17) is 0 Å². The molecule has 1 atom stereocenters. The monoisotopic (exact) mass is 329 g/mol. The second-order valence-corrected chi connectivity index (χ2v) is 6.84. The average Bonchev–Trinajstić information content (AvgIpc) is 3.36. The van der Waals surface area contributed by atoms with Crippen LogP contribution in [0, 0.1) is 5.92 Å². The number of rotatable bonds is 6. The lowest BCUT2D eigenvalue weighted by molar-refractivity contribution is -0.128. The Labute approximate surface area is 143 Å². The summed E-state index contributed by atoms with van der Waals surface area (Å²) in [6, 6.07) is 6.44. The number of carbonyl (C=O) groups is 2. The smallest absolute Gasteiger partial charge is 0.319 e. The van der Waals surface area contributed by atoms with E-state index in [1.54, 1.807) is 0 Å². The first kappa shape index (κ1) is 16.8. The lowest BCUT2D eigenvalue weighted by Crippen LogP contribution is -2.35. The van der Waals surface area contributed by atoms with Gasteiger partial charge in [-0.1, -0.05) is 32.0 Å². The lowest BCUT2D eigenvalue weighted by atomic mass is 10.0. The van der Waals surface area contributed by atoms with E-state index in [1.165, 1.54) is 0 Å². The second kappa shape index (κ2) is 7.24. The van der Waals surface area contributed by atoms with E-state index >= 15 is 0 Å². The molecule has 0 bridgehead atoms. The van der Waals surface area contributed by atoms with Crippen molar-refractivity contribution in [3.63, 3.8) is 0 Å². The number of nitrogens with zero attached hydrogens (tertiary/aromatic N) is 1. The highest BCUT2D eigenvalue weighted by Crippen LogP contribution is 2.32. The molecule has 130 valence electrons. The van der Waals surface area contributed by atoms with E-state index in [0.717, 1.165) is 49.0 Å². The molecule has 1 aliphatic carbocycles. The van der Waals surface area contributed by atoms with Gasteiger partial charge in [0.05, 0.1) is 0 Å². The van der Waals surface area contributed by atoms with Crippen LogP contribution >= 0.6 is 0 Å². The first-order chi connectivity index (χ1) is 11.6. The maximum atomic E-state index is 12.3. The minimum atomic E-state index is -0.178. The van der Waals surface area contributed by atoms with Gasteiger partial charge in [0.15, 0.2) is 0 Å². The molecule has 3 rings (SSSR count). The topological polar surface area (TPSA) is 61.4 Å². The summed E-state index contributed by atoms with van der Waals surface area (Å²) in [5, 5.41) is 5.96. The summed E-state index contributed by atoms with van der Waals surface area (Å²) in [4.78, 5) is 26.3. The number of hydrogen-bond donors (Lipinski definition) is 2. The molecular weight excluding hydrogens is 302 g/mol. The van der Waals surface area contributed by atoms with E-state index in [9.17, 15) is 9.59 Å². The van der Waals surface area contributed by atoms with Crippen LogP contribution < -0.4 is 10.6 Å². The van der Waals surface area contributed by atoms with E-state index in [2.05, 4.69) is 36.6 Å². The number of aryl methyl sites for hydroxylation is 2.